The Morgan fingerprint density at radius 1 is 0.756 bits per heavy atom. The molecular formula is C35H45N3O7. The summed E-state index contributed by atoms with van der Waals surface area (Å²) in [6, 6.07) is 23.7. The summed E-state index contributed by atoms with van der Waals surface area (Å²) in [5.41, 5.74) is 1.98. The molecule has 0 saturated carbocycles. The van der Waals surface area contributed by atoms with E-state index in [4.69, 9.17) is 18.9 Å². The van der Waals surface area contributed by atoms with Crippen molar-refractivity contribution in [1.29, 1.82) is 0 Å². The first-order valence-corrected chi connectivity index (χ1v) is 15.0. The summed E-state index contributed by atoms with van der Waals surface area (Å²) in [5, 5.41) is 5.52. The molecule has 0 aliphatic carbocycles. The minimum atomic E-state index is -0.872. The Labute approximate surface area is 266 Å². The van der Waals surface area contributed by atoms with Crippen molar-refractivity contribution >= 4 is 18.1 Å². The monoisotopic (exact) mass is 619 g/mol. The number of amides is 3. The molecular weight excluding hydrogens is 574 g/mol. The van der Waals surface area contributed by atoms with E-state index in [0.717, 1.165) is 16.7 Å². The van der Waals surface area contributed by atoms with Gasteiger partial charge in [-0.05, 0) is 81.0 Å². The second-order valence-corrected chi connectivity index (χ2v) is 11.6. The number of hydrogen-bond donors (Lipinski definition) is 2. The molecule has 10 nitrogen and oxygen atoms in total. The first kappa shape index (κ1) is 34.8. The smallest absolute Gasteiger partial charge is 0.408 e. The summed E-state index contributed by atoms with van der Waals surface area (Å²) in [6.07, 6.45) is 0.148. The third-order valence-corrected chi connectivity index (χ3v) is 6.72. The topological polar surface area (TPSA) is 115 Å². The highest BCUT2D eigenvalue weighted by molar-refractivity contribution is 5.85. The van der Waals surface area contributed by atoms with E-state index in [1.165, 1.54) is 0 Å². The number of ether oxygens (including phenoxy) is 4. The Balaban J connectivity index is 1.70. The van der Waals surface area contributed by atoms with Crippen LogP contribution in [-0.2, 0) is 33.9 Å². The number of nitrogens with zero attached hydrogens (tertiary/aromatic N) is 1. The van der Waals surface area contributed by atoms with E-state index < -0.39 is 23.8 Å². The molecule has 2 N–H and O–H groups in total. The van der Waals surface area contributed by atoms with Crippen LogP contribution in [0.15, 0.2) is 78.9 Å². The molecule has 0 heterocycles. The average molecular weight is 620 g/mol. The van der Waals surface area contributed by atoms with Crippen LogP contribution >= 0.6 is 0 Å². The van der Waals surface area contributed by atoms with E-state index >= 15 is 0 Å². The van der Waals surface area contributed by atoms with Crippen LogP contribution < -0.4 is 20.1 Å². The molecule has 0 aliphatic rings. The Kier molecular flexibility index (Phi) is 13.5. The lowest BCUT2D eigenvalue weighted by molar-refractivity contribution is -0.135. The molecule has 3 aromatic rings. The van der Waals surface area contributed by atoms with E-state index in [1.54, 1.807) is 39.9 Å². The highest BCUT2D eigenvalue weighted by atomic mass is 16.6. The average Bonchev–Trinajstić information content (AvgIpc) is 3.02. The summed E-state index contributed by atoms with van der Waals surface area (Å²) in [6.45, 7) is 6.40. The molecule has 0 saturated heterocycles. The summed E-state index contributed by atoms with van der Waals surface area (Å²) in [7, 11) is 3.19. The van der Waals surface area contributed by atoms with E-state index in [9.17, 15) is 14.4 Å². The minimum absolute atomic E-state index is 0.172. The van der Waals surface area contributed by atoms with E-state index in [2.05, 4.69) is 10.6 Å². The molecule has 0 aromatic heterocycles. The Morgan fingerprint density at radius 2 is 1.33 bits per heavy atom. The summed E-state index contributed by atoms with van der Waals surface area (Å²) in [4.78, 5) is 40.8. The van der Waals surface area contributed by atoms with Crippen molar-refractivity contribution in [3.05, 3.63) is 95.6 Å². The van der Waals surface area contributed by atoms with Crippen LogP contribution in [0, 0.1) is 0 Å². The van der Waals surface area contributed by atoms with Crippen molar-refractivity contribution in [2.24, 2.45) is 0 Å². The number of unbranched alkanes of at least 4 members (excludes halogenated alkanes) is 1. The number of methoxy groups -OCH3 is 2. The number of alkyl carbamates (subject to hydrolysis) is 2. The van der Waals surface area contributed by atoms with Gasteiger partial charge in [0.2, 0.25) is 5.91 Å². The lowest BCUT2D eigenvalue weighted by Gasteiger charge is -2.29. The van der Waals surface area contributed by atoms with Crippen molar-refractivity contribution in [2.75, 3.05) is 20.8 Å². The zero-order chi connectivity index (χ0) is 32.7. The standard InChI is InChI=1S/C35H45N3O7/c1-35(2,3)45-34(41)37-31(19-9-10-20-44-33(40)36-23-26-13-7-6-8-14-26)32(39)38(24-27-15-11-17-29(21-27)42-4)25-28-16-12-18-30(22-28)43-5/h6-8,11-18,21-22,31H,9-10,19-20,23-25H2,1-5H3,(H,36,40)(H,37,41)/t31-/m0/s1. The van der Waals surface area contributed by atoms with Crippen molar-refractivity contribution in [3.63, 3.8) is 0 Å². The van der Waals surface area contributed by atoms with E-state index in [0.29, 0.717) is 37.3 Å². The second kappa shape index (κ2) is 17.5. The fourth-order valence-electron chi connectivity index (χ4n) is 4.56. The van der Waals surface area contributed by atoms with Crippen LogP contribution in [0.2, 0.25) is 0 Å². The van der Waals surface area contributed by atoms with Crippen LogP contribution in [0.3, 0.4) is 0 Å². The Bertz CT molecular complexity index is 1330. The van der Waals surface area contributed by atoms with Gasteiger partial charge in [-0.2, -0.15) is 0 Å². The lowest BCUT2D eigenvalue weighted by Crippen LogP contribution is -2.49. The summed E-state index contributed by atoms with van der Waals surface area (Å²) >= 11 is 0. The van der Waals surface area contributed by atoms with Gasteiger partial charge in [-0.15, -0.1) is 0 Å². The number of hydrogen-bond acceptors (Lipinski definition) is 7. The molecule has 0 unspecified atom stereocenters. The van der Waals surface area contributed by atoms with Crippen LogP contribution in [-0.4, -0.2) is 55.5 Å². The minimum Gasteiger partial charge on any atom is -0.497 e. The van der Waals surface area contributed by atoms with Gasteiger partial charge in [0.1, 0.15) is 23.1 Å². The summed E-state index contributed by atoms with van der Waals surface area (Å²) in [5.74, 6) is 1.09. The van der Waals surface area contributed by atoms with Gasteiger partial charge in [0, 0.05) is 19.6 Å². The molecule has 242 valence electrons. The number of nitrogens with one attached hydrogen (secondary N) is 2. The molecule has 0 radical (unpaired) electrons. The highest BCUT2D eigenvalue weighted by Gasteiger charge is 2.28. The van der Waals surface area contributed by atoms with E-state index in [-0.39, 0.29) is 25.6 Å². The van der Waals surface area contributed by atoms with Crippen molar-refractivity contribution in [2.45, 2.75) is 71.3 Å². The molecule has 45 heavy (non-hydrogen) atoms. The van der Waals surface area contributed by atoms with E-state index in [1.807, 2.05) is 78.9 Å². The summed E-state index contributed by atoms with van der Waals surface area (Å²) < 4.78 is 21.6. The van der Waals surface area contributed by atoms with Crippen LogP contribution in [0.1, 0.15) is 56.7 Å². The number of carbonyl (C=O) groups is 3. The van der Waals surface area contributed by atoms with Crippen molar-refractivity contribution < 1.29 is 33.3 Å². The van der Waals surface area contributed by atoms with Crippen LogP contribution in [0.5, 0.6) is 11.5 Å². The molecule has 3 amide bonds. The number of benzene rings is 3. The van der Waals surface area contributed by atoms with Crippen molar-refractivity contribution in [1.82, 2.24) is 15.5 Å². The molecule has 0 fully saturated rings. The maximum absolute atomic E-state index is 14.2. The predicted octanol–water partition coefficient (Wildman–Crippen LogP) is 6.22. The molecule has 0 bridgehead atoms. The zero-order valence-electron chi connectivity index (χ0n) is 26.8. The quantitative estimate of drug-likeness (QED) is 0.194. The Morgan fingerprint density at radius 3 is 1.89 bits per heavy atom. The molecule has 0 spiro atoms. The largest absolute Gasteiger partial charge is 0.497 e. The Hall–Kier alpha value is -4.73. The third-order valence-electron chi connectivity index (χ3n) is 6.72. The van der Waals surface area contributed by atoms with Crippen molar-refractivity contribution in [3.8, 4) is 11.5 Å². The molecule has 1 atom stereocenters. The molecule has 10 heteroatoms. The van der Waals surface area contributed by atoms with Gasteiger partial charge in [0.15, 0.2) is 0 Å². The van der Waals surface area contributed by atoms with Crippen LogP contribution in [0.4, 0.5) is 9.59 Å². The van der Waals surface area contributed by atoms with Gasteiger partial charge in [0.05, 0.1) is 20.8 Å². The lowest BCUT2D eigenvalue weighted by atomic mass is 10.1. The van der Waals surface area contributed by atoms with Gasteiger partial charge in [-0.1, -0.05) is 54.6 Å². The molecule has 3 rings (SSSR count). The maximum Gasteiger partial charge on any atom is 0.408 e. The third kappa shape index (κ3) is 12.8. The predicted molar refractivity (Wildman–Crippen MR) is 172 cm³/mol. The fourth-order valence-corrected chi connectivity index (χ4v) is 4.56. The first-order chi connectivity index (χ1) is 21.6. The maximum atomic E-state index is 14.2. The normalized spacial score (nSPS) is 11.6. The number of carbonyl (C=O) groups excluding carboxylic acids is 3. The molecule has 3 aromatic carbocycles. The second-order valence-electron chi connectivity index (χ2n) is 11.6. The number of rotatable bonds is 15. The van der Waals surface area contributed by atoms with Gasteiger partial charge in [0.25, 0.3) is 0 Å². The molecule has 0 aliphatic heterocycles. The first-order valence-electron chi connectivity index (χ1n) is 15.0. The van der Waals surface area contributed by atoms with Gasteiger partial charge >= 0.3 is 12.2 Å². The van der Waals surface area contributed by atoms with Gasteiger partial charge in [-0.3, -0.25) is 4.79 Å². The SMILES string of the molecule is COc1cccc(CN(Cc2cccc(OC)c2)C(=O)[C@H](CCCCOC(=O)NCc2ccccc2)NC(=O)OC(C)(C)C)c1. The highest BCUT2D eigenvalue weighted by Crippen LogP contribution is 2.20. The zero-order valence-corrected chi connectivity index (χ0v) is 26.8. The van der Waals surface area contributed by atoms with Gasteiger partial charge in [-0.25, -0.2) is 9.59 Å². The fraction of sp³-hybridized carbons (Fsp3) is 0.400. The van der Waals surface area contributed by atoms with Gasteiger partial charge < -0.3 is 34.5 Å². The van der Waals surface area contributed by atoms with Crippen LogP contribution in [0.25, 0.3) is 0 Å².